The minimum Gasteiger partial charge on any atom is -0.383 e. The average Bonchev–Trinajstić information content (AvgIpc) is 3.20. The van der Waals surface area contributed by atoms with Crippen LogP contribution in [0.15, 0.2) is 42.9 Å². The van der Waals surface area contributed by atoms with Crippen LogP contribution in [-0.2, 0) is 22.6 Å². The van der Waals surface area contributed by atoms with Crippen molar-refractivity contribution in [3.63, 3.8) is 0 Å². The predicted octanol–water partition coefficient (Wildman–Crippen LogP) is 1.76. The van der Waals surface area contributed by atoms with Gasteiger partial charge in [-0.25, -0.2) is 0 Å². The van der Waals surface area contributed by atoms with Crippen molar-refractivity contribution in [3.8, 4) is 0 Å². The molecule has 0 radical (unpaired) electrons. The average molecular weight is 327 g/mol. The predicted molar refractivity (Wildman–Crippen MR) is 90.4 cm³/mol. The zero-order valence-electron chi connectivity index (χ0n) is 13.8. The van der Waals surface area contributed by atoms with Gasteiger partial charge in [-0.05, 0) is 24.4 Å². The number of aromatic nitrogens is 4. The summed E-state index contributed by atoms with van der Waals surface area (Å²) in [4.78, 5) is 12.4. The van der Waals surface area contributed by atoms with E-state index in [2.05, 4.69) is 15.5 Å². The Morgan fingerprint density at radius 2 is 2.12 bits per heavy atom. The summed E-state index contributed by atoms with van der Waals surface area (Å²) in [7, 11) is 1.65. The maximum Gasteiger partial charge on any atom is 0.240 e. The lowest BCUT2D eigenvalue weighted by atomic mass is 10.2. The van der Waals surface area contributed by atoms with Crippen LogP contribution in [0.3, 0.4) is 0 Å². The largest absolute Gasteiger partial charge is 0.383 e. The number of amides is 1. The number of hydrogen-bond acceptors (Lipinski definition) is 4. The molecule has 3 rings (SSSR count). The lowest BCUT2D eigenvalue weighted by Crippen LogP contribution is -2.31. The molecule has 1 atom stereocenters. The zero-order valence-corrected chi connectivity index (χ0v) is 13.8. The highest BCUT2D eigenvalue weighted by Crippen LogP contribution is 2.15. The summed E-state index contributed by atoms with van der Waals surface area (Å²) >= 11 is 0. The number of benzene rings is 1. The quantitative estimate of drug-likeness (QED) is 0.717. The Bertz CT molecular complexity index is 823. The molecule has 24 heavy (non-hydrogen) atoms. The van der Waals surface area contributed by atoms with Gasteiger partial charge in [0.2, 0.25) is 5.91 Å². The van der Waals surface area contributed by atoms with Gasteiger partial charge in [-0.3, -0.25) is 4.79 Å². The standard InChI is InChI=1S/C17H21N5O2/c1-13(17-20-18-12-22(17)9-10-24-2)19-16(23)11-21-8-7-14-5-3-4-6-15(14)21/h3-8,12-13H,9-11H2,1-2H3,(H,19,23). The normalized spacial score (nSPS) is 12.4. The van der Waals surface area contributed by atoms with Crippen LogP contribution in [0.1, 0.15) is 18.8 Å². The van der Waals surface area contributed by atoms with Gasteiger partial charge in [0, 0.05) is 25.4 Å². The molecule has 7 heteroatoms. The van der Waals surface area contributed by atoms with Gasteiger partial charge in [0.15, 0.2) is 5.82 Å². The summed E-state index contributed by atoms with van der Waals surface area (Å²) in [6.07, 6.45) is 3.58. The first kappa shape index (κ1) is 16.2. The molecule has 126 valence electrons. The minimum absolute atomic E-state index is 0.0647. The number of rotatable bonds is 7. The molecular weight excluding hydrogens is 306 g/mol. The van der Waals surface area contributed by atoms with Crippen molar-refractivity contribution in [2.45, 2.75) is 26.1 Å². The Hall–Kier alpha value is -2.67. The zero-order chi connectivity index (χ0) is 16.9. The first-order valence-corrected chi connectivity index (χ1v) is 7.89. The van der Waals surface area contributed by atoms with Crippen molar-refractivity contribution in [2.24, 2.45) is 0 Å². The second-order valence-corrected chi connectivity index (χ2v) is 5.67. The SMILES string of the molecule is COCCn1cnnc1C(C)NC(=O)Cn1ccc2ccccc21. The molecule has 1 aromatic carbocycles. The van der Waals surface area contributed by atoms with Crippen LogP contribution in [0.4, 0.5) is 0 Å². The number of carbonyl (C=O) groups is 1. The third-order valence-corrected chi connectivity index (χ3v) is 3.94. The van der Waals surface area contributed by atoms with E-state index in [4.69, 9.17) is 4.74 Å². The number of nitrogens with zero attached hydrogens (tertiary/aromatic N) is 4. The fraction of sp³-hybridized carbons (Fsp3) is 0.353. The van der Waals surface area contributed by atoms with E-state index in [9.17, 15) is 4.79 Å². The van der Waals surface area contributed by atoms with Crippen LogP contribution in [0.2, 0.25) is 0 Å². The molecule has 1 amide bonds. The second kappa shape index (κ2) is 7.27. The monoisotopic (exact) mass is 327 g/mol. The molecule has 0 spiro atoms. The van der Waals surface area contributed by atoms with Crippen molar-refractivity contribution in [1.82, 2.24) is 24.6 Å². The van der Waals surface area contributed by atoms with Gasteiger partial charge >= 0.3 is 0 Å². The molecule has 0 aliphatic heterocycles. The highest BCUT2D eigenvalue weighted by atomic mass is 16.5. The molecular formula is C17H21N5O2. The topological polar surface area (TPSA) is 74.0 Å². The second-order valence-electron chi connectivity index (χ2n) is 5.67. The van der Waals surface area contributed by atoms with Gasteiger partial charge in [-0.1, -0.05) is 18.2 Å². The summed E-state index contributed by atoms with van der Waals surface area (Å²) in [5, 5.41) is 12.1. The molecule has 1 N–H and O–H groups in total. The van der Waals surface area contributed by atoms with Gasteiger partial charge in [0.25, 0.3) is 0 Å². The Morgan fingerprint density at radius 3 is 2.96 bits per heavy atom. The molecule has 0 aliphatic carbocycles. The fourth-order valence-electron chi connectivity index (χ4n) is 2.75. The van der Waals surface area contributed by atoms with E-state index in [1.54, 1.807) is 13.4 Å². The molecule has 1 unspecified atom stereocenters. The van der Waals surface area contributed by atoms with E-state index in [-0.39, 0.29) is 18.5 Å². The molecule has 0 fully saturated rings. The van der Waals surface area contributed by atoms with Gasteiger partial charge in [0.1, 0.15) is 12.9 Å². The van der Waals surface area contributed by atoms with Gasteiger partial charge in [0.05, 0.1) is 12.6 Å². The van der Waals surface area contributed by atoms with Crippen molar-refractivity contribution in [2.75, 3.05) is 13.7 Å². The summed E-state index contributed by atoms with van der Waals surface area (Å²) in [6.45, 7) is 3.39. The number of hydrogen-bond donors (Lipinski definition) is 1. The summed E-state index contributed by atoms with van der Waals surface area (Å²) < 4.78 is 8.90. The van der Waals surface area contributed by atoms with Crippen LogP contribution in [0.5, 0.6) is 0 Å². The van der Waals surface area contributed by atoms with Crippen molar-refractivity contribution >= 4 is 16.8 Å². The Balaban J connectivity index is 1.65. The number of para-hydroxylation sites is 1. The van der Waals surface area contributed by atoms with Crippen LogP contribution in [0.25, 0.3) is 10.9 Å². The molecule has 7 nitrogen and oxygen atoms in total. The third kappa shape index (κ3) is 3.46. The molecule has 0 saturated carbocycles. The van der Waals surface area contributed by atoms with Crippen molar-refractivity contribution in [1.29, 1.82) is 0 Å². The van der Waals surface area contributed by atoms with Crippen LogP contribution in [-0.4, -0.2) is 39.0 Å². The maximum atomic E-state index is 12.4. The van der Waals surface area contributed by atoms with Crippen LogP contribution in [0, 0.1) is 0 Å². The van der Waals surface area contributed by atoms with E-state index in [1.165, 1.54) is 0 Å². The molecule has 0 saturated heterocycles. The number of ether oxygens (including phenoxy) is 1. The summed E-state index contributed by atoms with van der Waals surface area (Å²) in [5.41, 5.74) is 1.04. The van der Waals surface area contributed by atoms with Crippen molar-refractivity contribution in [3.05, 3.63) is 48.7 Å². The van der Waals surface area contributed by atoms with Crippen molar-refractivity contribution < 1.29 is 9.53 Å². The first-order valence-electron chi connectivity index (χ1n) is 7.89. The molecule has 0 bridgehead atoms. The number of nitrogens with one attached hydrogen (secondary N) is 1. The fourth-order valence-corrected chi connectivity index (χ4v) is 2.75. The summed E-state index contributed by atoms with van der Waals surface area (Å²) in [6, 6.07) is 9.78. The molecule has 0 aliphatic rings. The number of carbonyl (C=O) groups excluding carboxylic acids is 1. The van der Waals surface area contributed by atoms with Crippen LogP contribution >= 0.6 is 0 Å². The number of fused-ring (bicyclic) bond motifs is 1. The van der Waals surface area contributed by atoms with E-state index >= 15 is 0 Å². The smallest absolute Gasteiger partial charge is 0.240 e. The third-order valence-electron chi connectivity index (χ3n) is 3.94. The van der Waals surface area contributed by atoms with E-state index in [1.807, 2.05) is 52.6 Å². The maximum absolute atomic E-state index is 12.4. The first-order chi connectivity index (χ1) is 11.7. The Morgan fingerprint density at radius 1 is 1.29 bits per heavy atom. The highest BCUT2D eigenvalue weighted by molar-refractivity contribution is 5.83. The van der Waals surface area contributed by atoms with E-state index in [0.717, 1.165) is 16.7 Å². The molecule has 2 aromatic heterocycles. The van der Waals surface area contributed by atoms with Gasteiger partial charge in [-0.2, -0.15) is 0 Å². The van der Waals surface area contributed by atoms with Crippen LogP contribution < -0.4 is 5.32 Å². The lowest BCUT2D eigenvalue weighted by Gasteiger charge is -2.15. The van der Waals surface area contributed by atoms with E-state index in [0.29, 0.717) is 13.2 Å². The molecule has 3 aromatic rings. The summed E-state index contributed by atoms with van der Waals surface area (Å²) in [5.74, 6) is 0.655. The lowest BCUT2D eigenvalue weighted by molar-refractivity contribution is -0.122. The van der Waals surface area contributed by atoms with E-state index < -0.39 is 0 Å². The number of methoxy groups -OCH3 is 1. The molecule has 2 heterocycles. The highest BCUT2D eigenvalue weighted by Gasteiger charge is 2.16. The minimum atomic E-state index is -0.223. The Kier molecular flexibility index (Phi) is 4.90. The van der Waals surface area contributed by atoms with Gasteiger partial charge in [-0.15, -0.1) is 10.2 Å². The van der Waals surface area contributed by atoms with Gasteiger partial charge < -0.3 is 19.2 Å². The Labute approximate surface area is 140 Å².